The maximum atomic E-state index is 6.40. The molecule has 0 saturated carbocycles. The van der Waals surface area contributed by atoms with Crippen LogP contribution in [0.1, 0.15) is 0 Å². The fraction of sp³-hybridized carbons (Fsp3) is 0.250. The summed E-state index contributed by atoms with van der Waals surface area (Å²) in [5.41, 5.74) is 2.95. The monoisotopic (exact) mass is 353 g/mol. The van der Waals surface area contributed by atoms with Gasteiger partial charge in [-0.05, 0) is 18.2 Å². The molecule has 6 heteroatoms. The first kappa shape index (κ1) is 17.0. The van der Waals surface area contributed by atoms with Gasteiger partial charge in [0.25, 0.3) is 0 Å². The highest BCUT2D eigenvalue weighted by Gasteiger charge is 2.12. The van der Waals surface area contributed by atoms with E-state index in [-0.39, 0.29) is 12.4 Å². The summed E-state index contributed by atoms with van der Waals surface area (Å²) in [5, 5.41) is 1.88. The van der Waals surface area contributed by atoms with E-state index in [1.165, 1.54) is 10.2 Å². The Kier molecular flexibility index (Phi) is 4.95. The third-order valence-electron chi connectivity index (χ3n) is 3.44. The van der Waals surface area contributed by atoms with Crippen LogP contribution in [-0.4, -0.2) is 33.2 Å². The number of rotatable bonds is 1. The Hall–Kier alpha value is -1.36. The Balaban J connectivity index is 0.00000176. The summed E-state index contributed by atoms with van der Waals surface area (Å²) in [4.78, 5) is 7.94. The van der Waals surface area contributed by atoms with Crippen molar-refractivity contribution >= 4 is 38.8 Å². The summed E-state index contributed by atoms with van der Waals surface area (Å²) in [6.07, 6.45) is 0. The van der Waals surface area contributed by atoms with Gasteiger partial charge in [0.1, 0.15) is 14.1 Å². The van der Waals surface area contributed by atoms with Crippen molar-refractivity contribution in [2.24, 2.45) is 0 Å². The lowest BCUT2D eigenvalue weighted by atomic mass is 10.2. The summed E-state index contributed by atoms with van der Waals surface area (Å²) in [5.74, 6) is 0. The predicted octanol–water partition coefficient (Wildman–Crippen LogP) is 0.156. The van der Waals surface area contributed by atoms with Crippen LogP contribution >= 0.6 is 22.9 Å². The summed E-state index contributed by atoms with van der Waals surface area (Å²) in [6, 6.07) is 10.4. The van der Waals surface area contributed by atoms with Gasteiger partial charge in [0.15, 0.2) is 0 Å². The molecule has 22 heavy (non-hydrogen) atoms. The minimum absolute atomic E-state index is 0. The van der Waals surface area contributed by atoms with Crippen LogP contribution in [0.3, 0.4) is 0 Å². The molecule has 1 aliphatic heterocycles. The smallest absolute Gasteiger partial charge is 0.201 e. The van der Waals surface area contributed by atoms with Gasteiger partial charge in [-0.15, -0.1) is 11.3 Å². The topological polar surface area (TPSA) is 19.1 Å². The van der Waals surface area contributed by atoms with E-state index in [0.717, 1.165) is 21.6 Å². The first-order chi connectivity index (χ1) is 9.95. The highest BCUT2D eigenvalue weighted by molar-refractivity contribution is 7.21. The number of anilines is 1. The number of fused-ring (bicyclic) bond motifs is 2. The van der Waals surface area contributed by atoms with Crippen LogP contribution in [0.25, 0.3) is 20.8 Å². The molecule has 0 radical (unpaired) electrons. The molecule has 1 aromatic carbocycles. The van der Waals surface area contributed by atoms with Gasteiger partial charge < -0.3 is 17.3 Å². The molecule has 3 nitrogen and oxygen atoms in total. The molecule has 3 rings (SSSR count). The Labute approximate surface area is 145 Å². The van der Waals surface area contributed by atoms with Gasteiger partial charge >= 0.3 is 0 Å². The molecular formula is C16H17Cl2N3S. The molecule has 1 heterocycles. The van der Waals surface area contributed by atoms with Crippen molar-refractivity contribution in [1.82, 2.24) is 9.56 Å². The van der Waals surface area contributed by atoms with Crippen molar-refractivity contribution in [3.8, 4) is 10.6 Å². The lowest BCUT2D eigenvalue weighted by Gasteiger charge is -2.14. The summed E-state index contributed by atoms with van der Waals surface area (Å²) in [6.45, 7) is 0. The molecular weight excluding hydrogens is 337 g/mol. The summed E-state index contributed by atoms with van der Waals surface area (Å²) in [7, 11) is 8.12. The maximum Gasteiger partial charge on any atom is 0.201 e. The SMILES string of the molecule is CN(C)c1cc(Cl)c2nc3ccc(=[N+](C)C)cc-3sc2c1.[Cl-]. The third kappa shape index (κ3) is 3.05. The number of nitrogens with zero attached hydrogens (tertiary/aromatic N) is 3. The quantitative estimate of drug-likeness (QED) is 0.458. The zero-order valence-corrected chi connectivity index (χ0v) is 15.2. The molecule has 1 aliphatic carbocycles. The molecule has 1 aromatic rings. The molecule has 0 unspecified atom stereocenters. The van der Waals surface area contributed by atoms with Gasteiger partial charge in [-0.1, -0.05) is 11.6 Å². The number of hydrogen-bond donors (Lipinski definition) is 0. The van der Waals surface area contributed by atoms with Crippen LogP contribution in [0.15, 0.2) is 30.3 Å². The van der Waals surface area contributed by atoms with E-state index >= 15 is 0 Å². The Morgan fingerprint density at radius 3 is 2.50 bits per heavy atom. The molecule has 0 N–H and O–H groups in total. The number of benzene rings is 2. The molecule has 0 saturated heterocycles. The Bertz CT molecular complexity index is 867. The maximum absolute atomic E-state index is 6.40. The van der Waals surface area contributed by atoms with Crippen LogP contribution in [0.4, 0.5) is 5.69 Å². The predicted molar refractivity (Wildman–Crippen MR) is 92.7 cm³/mol. The Morgan fingerprint density at radius 1 is 1.14 bits per heavy atom. The van der Waals surface area contributed by atoms with E-state index in [1.807, 2.05) is 34.3 Å². The standard InChI is InChI=1S/C16H17ClN3S.ClH/c1-19(2)10-5-6-13-14(8-10)21-15-9-11(20(3)4)7-12(17)16(15)18-13;/h5-9H,1-4H3;1H/q+1;/p-1. The molecule has 0 amide bonds. The molecule has 116 valence electrons. The minimum atomic E-state index is 0. The average Bonchev–Trinajstić information content (AvgIpc) is 2.44. The summed E-state index contributed by atoms with van der Waals surface area (Å²) < 4.78 is 3.20. The zero-order chi connectivity index (χ0) is 15.1. The van der Waals surface area contributed by atoms with Crippen molar-refractivity contribution in [2.45, 2.75) is 0 Å². The molecule has 0 bridgehead atoms. The van der Waals surface area contributed by atoms with Crippen LogP contribution < -0.4 is 27.2 Å². The van der Waals surface area contributed by atoms with Crippen LogP contribution in [0.2, 0.25) is 5.02 Å². The van der Waals surface area contributed by atoms with Crippen molar-refractivity contribution in [2.75, 3.05) is 33.1 Å². The van der Waals surface area contributed by atoms with Crippen molar-refractivity contribution in [3.05, 3.63) is 40.7 Å². The minimum Gasteiger partial charge on any atom is -1.00 e. The fourth-order valence-electron chi connectivity index (χ4n) is 2.20. The molecule has 0 atom stereocenters. The van der Waals surface area contributed by atoms with Crippen molar-refractivity contribution < 1.29 is 12.4 Å². The van der Waals surface area contributed by atoms with Crippen molar-refractivity contribution in [3.63, 3.8) is 0 Å². The Morgan fingerprint density at radius 2 is 1.86 bits per heavy atom. The lowest BCUT2D eigenvalue weighted by Crippen LogP contribution is -3.00. The molecule has 0 fully saturated rings. The largest absolute Gasteiger partial charge is 1.00 e. The fourth-order valence-corrected chi connectivity index (χ4v) is 3.58. The number of aromatic nitrogens is 1. The number of hydrogen-bond acceptors (Lipinski definition) is 3. The van der Waals surface area contributed by atoms with Crippen LogP contribution in [-0.2, 0) is 0 Å². The van der Waals surface area contributed by atoms with E-state index in [2.05, 4.69) is 33.7 Å². The van der Waals surface area contributed by atoms with E-state index in [4.69, 9.17) is 16.6 Å². The highest BCUT2D eigenvalue weighted by atomic mass is 35.5. The van der Waals surface area contributed by atoms with Crippen LogP contribution in [0, 0.1) is 0 Å². The second-order valence-electron chi connectivity index (χ2n) is 5.43. The average molecular weight is 354 g/mol. The first-order valence-electron chi connectivity index (χ1n) is 6.67. The van der Waals surface area contributed by atoms with Gasteiger partial charge in [0, 0.05) is 31.9 Å². The van der Waals surface area contributed by atoms with Gasteiger partial charge in [-0.3, -0.25) is 0 Å². The van der Waals surface area contributed by atoms with E-state index in [9.17, 15) is 0 Å². The van der Waals surface area contributed by atoms with Gasteiger partial charge in [-0.25, -0.2) is 9.56 Å². The van der Waals surface area contributed by atoms with E-state index < -0.39 is 0 Å². The summed E-state index contributed by atoms with van der Waals surface area (Å²) >= 11 is 8.13. The molecule has 0 spiro atoms. The van der Waals surface area contributed by atoms with Crippen molar-refractivity contribution in [1.29, 1.82) is 0 Å². The molecule has 2 aliphatic rings. The molecule has 0 aromatic heterocycles. The normalized spacial score (nSPS) is 10.6. The zero-order valence-electron chi connectivity index (χ0n) is 12.9. The van der Waals surface area contributed by atoms with Gasteiger partial charge in [0.05, 0.1) is 25.8 Å². The third-order valence-corrected chi connectivity index (χ3v) is 4.81. The van der Waals surface area contributed by atoms with E-state index in [1.54, 1.807) is 11.3 Å². The second kappa shape index (κ2) is 6.41. The van der Waals surface area contributed by atoms with Gasteiger partial charge in [0.2, 0.25) is 5.36 Å². The van der Waals surface area contributed by atoms with Gasteiger partial charge in [-0.2, -0.15) is 0 Å². The number of halogens is 2. The van der Waals surface area contributed by atoms with Crippen LogP contribution in [0.5, 0.6) is 0 Å². The lowest BCUT2D eigenvalue weighted by molar-refractivity contribution is -0.00000421. The first-order valence-corrected chi connectivity index (χ1v) is 7.87. The second-order valence-corrected chi connectivity index (χ2v) is 6.92. The van der Waals surface area contributed by atoms with E-state index in [0.29, 0.717) is 5.02 Å². The highest BCUT2D eigenvalue weighted by Crippen LogP contribution is 2.35.